The van der Waals surface area contributed by atoms with Gasteiger partial charge in [-0.1, -0.05) is 18.2 Å². The summed E-state index contributed by atoms with van der Waals surface area (Å²) in [5.74, 6) is -0.317. The van der Waals surface area contributed by atoms with Crippen molar-refractivity contribution in [2.75, 3.05) is 19.7 Å². The van der Waals surface area contributed by atoms with Crippen molar-refractivity contribution in [3.8, 4) is 0 Å². The van der Waals surface area contributed by atoms with Crippen molar-refractivity contribution in [3.05, 3.63) is 65.0 Å². The number of rotatable bonds is 3. The molecule has 25 heavy (non-hydrogen) atoms. The van der Waals surface area contributed by atoms with Crippen LogP contribution in [-0.4, -0.2) is 32.4 Å². The van der Waals surface area contributed by atoms with Crippen molar-refractivity contribution in [2.45, 2.75) is 30.3 Å². The van der Waals surface area contributed by atoms with Gasteiger partial charge in [0.15, 0.2) is 0 Å². The van der Waals surface area contributed by atoms with Gasteiger partial charge < -0.3 is 4.74 Å². The highest BCUT2D eigenvalue weighted by Crippen LogP contribution is 2.29. The van der Waals surface area contributed by atoms with E-state index >= 15 is 0 Å². The Kier molecular flexibility index (Phi) is 4.35. The highest BCUT2D eigenvalue weighted by Gasteiger charge is 2.32. The van der Waals surface area contributed by atoms with Crippen LogP contribution in [-0.2, 0) is 27.6 Å². The molecule has 6 heteroatoms. The van der Waals surface area contributed by atoms with Crippen molar-refractivity contribution in [1.82, 2.24) is 4.31 Å². The van der Waals surface area contributed by atoms with E-state index in [9.17, 15) is 12.8 Å². The molecule has 1 saturated heterocycles. The Hall–Kier alpha value is -1.76. The van der Waals surface area contributed by atoms with Gasteiger partial charge in [0.2, 0.25) is 10.0 Å². The summed E-state index contributed by atoms with van der Waals surface area (Å²) in [6, 6.07) is 11.5. The lowest BCUT2D eigenvalue weighted by Gasteiger charge is -2.32. The maximum Gasteiger partial charge on any atom is 0.243 e. The highest BCUT2D eigenvalue weighted by molar-refractivity contribution is 7.89. The van der Waals surface area contributed by atoms with Crippen molar-refractivity contribution in [2.24, 2.45) is 0 Å². The molecule has 1 fully saturated rings. The third-order valence-corrected chi connectivity index (χ3v) is 6.84. The molecule has 0 saturated carbocycles. The van der Waals surface area contributed by atoms with Crippen molar-refractivity contribution in [1.29, 1.82) is 0 Å². The van der Waals surface area contributed by atoms with Gasteiger partial charge in [-0.2, -0.15) is 4.31 Å². The molecule has 0 unspecified atom stereocenters. The van der Waals surface area contributed by atoms with Crippen LogP contribution in [0.5, 0.6) is 0 Å². The number of ether oxygens (including phenoxy) is 1. The van der Waals surface area contributed by atoms with Crippen molar-refractivity contribution < 1.29 is 17.5 Å². The zero-order valence-corrected chi connectivity index (χ0v) is 14.6. The topological polar surface area (TPSA) is 46.6 Å². The van der Waals surface area contributed by atoms with Gasteiger partial charge in [0.1, 0.15) is 5.82 Å². The highest BCUT2D eigenvalue weighted by atomic mass is 32.2. The second-order valence-corrected chi connectivity index (χ2v) is 8.50. The number of aryl methyl sites for hydroxylation is 2. The van der Waals surface area contributed by atoms with Gasteiger partial charge in [-0.3, -0.25) is 0 Å². The van der Waals surface area contributed by atoms with Crippen LogP contribution in [0.4, 0.5) is 4.39 Å². The first-order valence-electron chi connectivity index (χ1n) is 8.53. The number of nitrogens with zero attached hydrogens (tertiary/aromatic N) is 1. The molecule has 2 aromatic rings. The largest absolute Gasteiger partial charge is 0.371 e. The first kappa shape index (κ1) is 16.7. The maximum absolute atomic E-state index is 13.1. The lowest BCUT2D eigenvalue weighted by Crippen LogP contribution is -2.42. The molecule has 0 aromatic heterocycles. The Morgan fingerprint density at radius 1 is 1.04 bits per heavy atom. The summed E-state index contributed by atoms with van der Waals surface area (Å²) >= 11 is 0. The lowest BCUT2D eigenvalue weighted by atomic mass is 10.1. The van der Waals surface area contributed by atoms with E-state index in [2.05, 4.69) is 0 Å². The van der Waals surface area contributed by atoms with Crippen LogP contribution in [0.15, 0.2) is 47.4 Å². The summed E-state index contributed by atoms with van der Waals surface area (Å²) in [5.41, 5.74) is 3.18. The zero-order chi connectivity index (χ0) is 17.4. The van der Waals surface area contributed by atoms with Crippen LogP contribution >= 0.6 is 0 Å². The van der Waals surface area contributed by atoms with Gasteiger partial charge in [0.25, 0.3) is 0 Å². The van der Waals surface area contributed by atoms with Gasteiger partial charge in [0.05, 0.1) is 17.6 Å². The second kappa shape index (κ2) is 6.52. The summed E-state index contributed by atoms with van der Waals surface area (Å²) in [6.45, 7) is 0.897. The SMILES string of the molecule is O=S(=O)(c1ccc2c(c1)CCC2)N1CCO[C@@H](c2ccc(F)cc2)C1. The Labute approximate surface area is 147 Å². The molecule has 0 radical (unpaired) electrons. The first-order valence-corrected chi connectivity index (χ1v) is 9.97. The van der Waals surface area contributed by atoms with Crippen molar-refractivity contribution in [3.63, 3.8) is 0 Å². The Morgan fingerprint density at radius 2 is 1.80 bits per heavy atom. The van der Waals surface area contributed by atoms with E-state index < -0.39 is 10.0 Å². The molecule has 0 amide bonds. The normalized spacial score (nSPS) is 21.2. The minimum absolute atomic E-state index is 0.241. The van der Waals surface area contributed by atoms with Gasteiger partial charge in [-0.25, -0.2) is 12.8 Å². The summed E-state index contributed by atoms with van der Waals surface area (Å²) in [4.78, 5) is 0.355. The van der Waals surface area contributed by atoms with Gasteiger partial charge in [-0.05, 0) is 60.2 Å². The zero-order valence-electron chi connectivity index (χ0n) is 13.8. The van der Waals surface area contributed by atoms with Crippen LogP contribution in [0.2, 0.25) is 0 Å². The van der Waals surface area contributed by atoms with Gasteiger partial charge >= 0.3 is 0 Å². The van der Waals surface area contributed by atoms with Crippen LogP contribution < -0.4 is 0 Å². The monoisotopic (exact) mass is 361 g/mol. The number of benzene rings is 2. The molecule has 2 aliphatic rings. The minimum atomic E-state index is -3.55. The van der Waals surface area contributed by atoms with E-state index in [1.165, 1.54) is 22.0 Å². The number of hydrogen-bond donors (Lipinski definition) is 0. The summed E-state index contributed by atoms with van der Waals surface area (Å²) < 4.78 is 46.3. The lowest BCUT2D eigenvalue weighted by molar-refractivity contribution is -0.00258. The third-order valence-electron chi connectivity index (χ3n) is 4.98. The molecule has 1 heterocycles. The predicted octanol–water partition coefficient (Wildman–Crippen LogP) is 3.08. The molecule has 0 bridgehead atoms. The standard InChI is InChI=1S/C19H20FNO3S/c20-17-7-4-15(5-8-17)19-13-21(10-11-24-19)25(22,23)18-9-6-14-2-1-3-16(14)12-18/h4-9,12,19H,1-3,10-11,13H2/t19-/m1/s1. The van der Waals surface area contributed by atoms with E-state index in [0.29, 0.717) is 18.0 Å². The fraction of sp³-hybridized carbons (Fsp3) is 0.368. The van der Waals surface area contributed by atoms with E-state index in [-0.39, 0.29) is 18.5 Å². The van der Waals surface area contributed by atoms with E-state index in [4.69, 9.17) is 4.74 Å². The molecule has 0 spiro atoms. The Balaban J connectivity index is 1.58. The summed E-state index contributed by atoms with van der Waals surface area (Å²) in [7, 11) is -3.55. The second-order valence-electron chi connectivity index (χ2n) is 6.56. The Morgan fingerprint density at radius 3 is 2.60 bits per heavy atom. The van der Waals surface area contributed by atoms with Gasteiger partial charge in [0, 0.05) is 13.1 Å². The average molecular weight is 361 g/mol. The Bertz CT molecular complexity index is 880. The smallest absolute Gasteiger partial charge is 0.243 e. The van der Waals surface area contributed by atoms with Crippen LogP contribution in [0.3, 0.4) is 0 Å². The number of sulfonamides is 1. The fourth-order valence-electron chi connectivity index (χ4n) is 3.58. The third kappa shape index (κ3) is 3.21. The molecule has 132 valence electrons. The predicted molar refractivity (Wildman–Crippen MR) is 92.3 cm³/mol. The van der Waals surface area contributed by atoms with E-state index in [1.807, 2.05) is 12.1 Å². The van der Waals surface area contributed by atoms with Crippen LogP contribution in [0.1, 0.15) is 29.2 Å². The molecule has 4 nitrogen and oxygen atoms in total. The fourth-order valence-corrected chi connectivity index (χ4v) is 5.06. The minimum Gasteiger partial charge on any atom is -0.371 e. The van der Waals surface area contributed by atoms with E-state index in [1.54, 1.807) is 18.2 Å². The van der Waals surface area contributed by atoms with Gasteiger partial charge in [-0.15, -0.1) is 0 Å². The molecule has 0 N–H and O–H groups in total. The van der Waals surface area contributed by atoms with Crippen molar-refractivity contribution >= 4 is 10.0 Å². The number of hydrogen-bond acceptors (Lipinski definition) is 3. The van der Waals surface area contributed by atoms with Crippen LogP contribution in [0.25, 0.3) is 0 Å². The quantitative estimate of drug-likeness (QED) is 0.844. The number of morpholine rings is 1. The van der Waals surface area contributed by atoms with Crippen LogP contribution in [0, 0.1) is 5.82 Å². The molecular weight excluding hydrogens is 341 g/mol. The molecule has 1 aliphatic heterocycles. The number of halogens is 1. The van der Waals surface area contributed by atoms with E-state index in [0.717, 1.165) is 30.4 Å². The molecule has 2 aromatic carbocycles. The summed E-state index contributed by atoms with van der Waals surface area (Å²) in [6.07, 6.45) is 2.68. The number of fused-ring (bicyclic) bond motifs is 1. The summed E-state index contributed by atoms with van der Waals surface area (Å²) in [5, 5.41) is 0. The first-order chi connectivity index (χ1) is 12.0. The average Bonchev–Trinajstić information content (AvgIpc) is 3.10. The molecule has 1 atom stereocenters. The molecule has 4 rings (SSSR count). The maximum atomic E-state index is 13.1. The molecular formula is C19H20FNO3S. The molecule has 1 aliphatic carbocycles.